The van der Waals surface area contributed by atoms with E-state index in [1.165, 1.54) is 12.1 Å². The first kappa shape index (κ1) is 18.2. The number of hydrogen-bond donors (Lipinski definition) is 6. The van der Waals surface area contributed by atoms with Crippen LogP contribution in [0.5, 0.6) is 0 Å². The number of rotatable bonds is 5. The predicted octanol–water partition coefficient (Wildman–Crippen LogP) is -2.42. The van der Waals surface area contributed by atoms with Crippen molar-refractivity contribution in [2.45, 2.75) is 42.5 Å². The number of aryl methyl sites for hydroxylation is 1. The summed E-state index contributed by atoms with van der Waals surface area (Å²) in [5, 5.41) is 38.2. The summed E-state index contributed by atoms with van der Waals surface area (Å²) in [5.74, 6) is 0. The number of hydrazine groups is 1. The third-order valence-corrected chi connectivity index (χ3v) is 4.84. The van der Waals surface area contributed by atoms with E-state index < -0.39 is 47.3 Å². The van der Waals surface area contributed by atoms with E-state index in [0.29, 0.717) is 0 Å². The molecule has 130 valence electrons. The van der Waals surface area contributed by atoms with Crippen molar-refractivity contribution >= 4 is 10.0 Å². The maximum Gasteiger partial charge on any atom is 0.253 e. The largest absolute Gasteiger partial charge is 0.394 e. The normalized spacial score (nSPS) is 32.0. The van der Waals surface area contributed by atoms with Crippen LogP contribution >= 0.6 is 0 Å². The van der Waals surface area contributed by atoms with E-state index in [-0.39, 0.29) is 4.90 Å². The van der Waals surface area contributed by atoms with Crippen molar-refractivity contribution in [1.29, 1.82) is 0 Å². The maximum atomic E-state index is 12.1. The maximum absolute atomic E-state index is 12.1. The third kappa shape index (κ3) is 4.05. The smallest absolute Gasteiger partial charge is 0.253 e. The van der Waals surface area contributed by atoms with Crippen molar-refractivity contribution in [2.75, 3.05) is 6.61 Å². The number of ether oxygens (including phenoxy) is 1. The Kier molecular flexibility index (Phi) is 5.70. The zero-order valence-electron chi connectivity index (χ0n) is 12.3. The fourth-order valence-electron chi connectivity index (χ4n) is 2.13. The van der Waals surface area contributed by atoms with Crippen LogP contribution in [0, 0.1) is 6.92 Å². The van der Waals surface area contributed by atoms with Gasteiger partial charge >= 0.3 is 0 Å². The molecular formula is C13H20N2O7S. The van der Waals surface area contributed by atoms with Crippen LogP contribution in [0.15, 0.2) is 29.2 Å². The van der Waals surface area contributed by atoms with Gasteiger partial charge in [0.2, 0.25) is 0 Å². The summed E-state index contributed by atoms with van der Waals surface area (Å²) in [7, 11) is -3.91. The molecule has 1 heterocycles. The lowest BCUT2D eigenvalue weighted by Crippen LogP contribution is -2.64. The summed E-state index contributed by atoms with van der Waals surface area (Å²) in [4.78, 5) is 2.04. The van der Waals surface area contributed by atoms with E-state index >= 15 is 0 Å². The van der Waals surface area contributed by atoms with Crippen molar-refractivity contribution in [3.05, 3.63) is 29.8 Å². The summed E-state index contributed by atoms with van der Waals surface area (Å²) < 4.78 is 29.4. The van der Waals surface area contributed by atoms with Gasteiger partial charge in [0, 0.05) is 0 Å². The molecule has 10 heteroatoms. The van der Waals surface area contributed by atoms with E-state index in [2.05, 4.69) is 5.43 Å². The molecule has 0 aromatic heterocycles. The minimum absolute atomic E-state index is 0.000176. The molecule has 0 spiro atoms. The predicted molar refractivity (Wildman–Crippen MR) is 78.4 cm³/mol. The first-order chi connectivity index (χ1) is 10.8. The molecule has 2 rings (SSSR count). The molecule has 1 fully saturated rings. The summed E-state index contributed by atoms with van der Waals surface area (Å²) in [5.41, 5.74) is 3.14. The third-order valence-electron chi connectivity index (χ3n) is 3.56. The average Bonchev–Trinajstić information content (AvgIpc) is 2.52. The van der Waals surface area contributed by atoms with Gasteiger partial charge < -0.3 is 25.2 Å². The van der Waals surface area contributed by atoms with Gasteiger partial charge in [-0.15, -0.1) is 4.83 Å². The molecule has 0 bridgehead atoms. The Morgan fingerprint density at radius 3 is 2.26 bits per heavy atom. The number of aliphatic hydroxyl groups is 4. The molecule has 1 saturated heterocycles. The second-order valence-electron chi connectivity index (χ2n) is 5.31. The number of hydrogen-bond acceptors (Lipinski definition) is 8. The Morgan fingerprint density at radius 1 is 1.09 bits per heavy atom. The zero-order valence-corrected chi connectivity index (χ0v) is 13.1. The minimum atomic E-state index is -3.91. The Labute approximate surface area is 133 Å². The lowest BCUT2D eigenvalue weighted by molar-refractivity contribution is -0.237. The van der Waals surface area contributed by atoms with Gasteiger partial charge in [0.05, 0.1) is 11.5 Å². The van der Waals surface area contributed by atoms with Crippen LogP contribution in [0.3, 0.4) is 0 Å². The Hall–Kier alpha value is -1.11. The van der Waals surface area contributed by atoms with E-state index in [1.807, 2.05) is 11.8 Å². The highest BCUT2D eigenvalue weighted by Gasteiger charge is 2.43. The van der Waals surface area contributed by atoms with E-state index in [1.54, 1.807) is 12.1 Å². The van der Waals surface area contributed by atoms with Gasteiger partial charge in [-0.1, -0.05) is 17.7 Å². The second kappa shape index (κ2) is 7.20. The number of nitrogens with one attached hydrogen (secondary N) is 2. The Bertz CT molecular complexity index is 620. The highest BCUT2D eigenvalue weighted by atomic mass is 32.2. The molecule has 9 nitrogen and oxygen atoms in total. The molecule has 1 aromatic rings. The molecule has 0 amide bonds. The fraction of sp³-hybridized carbons (Fsp3) is 0.538. The molecule has 1 aliphatic heterocycles. The van der Waals surface area contributed by atoms with Gasteiger partial charge in [0.15, 0.2) is 6.23 Å². The summed E-state index contributed by atoms with van der Waals surface area (Å²) in [6, 6.07) is 6.07. The minimum Gasteiger partial charge on any atom is -0.394 e. The van der Waals surface area contributed by atoms with Crippen LogP contribution in [0.2, 0.25) is 0 Å². The highest BCUT2D eigenvalue weighted by molar-refractivity contribution is 7.89. The Morgan fingerprint density at radius 2 is 1.70 bits per heavy atom. The van der Waals surface area contributed by atoms with E-state index in [4.69, 9.17) is 9.84 Å². The van der Waals surface area contributed by atoms with Crippen LogP contribution in [0.25, 0.3) is 0 Å². The van der Waals surface area contributed by atoms with Crippen molar-refractivity contribution < 1.29 is 33.6 Å². The number of benzene rings is 1. The number of sulfonamides is 1. The van der Waals surface area contributed by atoms with Gasteiger partial charge in [-0.2, -0.15) is 0 Å². The van der Waals surface area contributed by atoms with Crippen molar-refractivity contribution in [3.63, 3.8) is 0 Å². The lowest BCUT2D eigenvalue weighted by atomic mass is 9.99. The van der Waals surface area contributed by atoms with Gasteiger partial charge in [-0.05, 0) is 19.1 Å². The molecular weight excluding hydrogens is 328 g/mol. The summed E-state index contributed by atoms with van der Waals surface area (Å²) in [6.45, 7) is 1.21. The molecule has 0 aliphatic carbocycles. The quantitative estimate of drug-likeness (QED) is 0.322. The zero-order chi connectivity index (χ0) is 17.2. The van der Waals surface area contributed by atoms with Crippen molar-refractivity contribution in [3.8, 4) is 0 Å². The topological polar surface area (TPSA) is 148 Å². The SMILES string of the molecule is Cc1ccc(S(=O)(=O)NN[C@@H]2O[C@H](CO)[C@H](O)[C@H](O)[C@H]2O)cc1. The molecule has 1 aliphatic rings. The lowest BCUT2D eigenvalue weighted by Gasteiger charge is -2.40. The average molecular weight is 348 g/mol. The first-order valence-electron chi connectivity index (χ1n) is 6.91. The Balaban J connectivity index is 2.05. The van der Waals surface area contributed by atoms with Crippen molar-refractivity contribution in [1.82, 2.24) is 10.3 Å². The molecule has 0 radical (unpaired) electrons. The van der Waals surface area contributed by atoms with E-state index in [9.17, 15) is 23.7 Å². The highest BCUT2D eigenvalue weighted by Crippen LogP contribution is 2.19. The molecule has 23 heavy (non-hydrogen) atoms. The monoisotopic (exact) mass is 348 g/mol. The molecule has 5 atom stereocenters. The molecule has 0 saturated carbocycles. The van der Waals surface area contributed by atoms with Crippen LogP contribution in [0.4, 0.5) is 0 Å². The first-order valence-corrected chi connectivity index (χ1v) is 8.39. The van der Waals surface area contributed by atoms with Gasteiger partial charge in [0.1, 0.15) is 24.4 Å². The van der Waals surface area contributed by atoms with Crippen LogP contribution < -0.4 is 10.3 Å². The summed E-state index contributed by atoms with van der Waals surface area (Å²) >= 11 is 0. The molecule has 0 unspecified atom stereocenters. The second-order valence-corrected chi connectivity index (χ2v) is 6.99. The standard InChI is InChI=1S/C13H20N2O7S/c1-7-2-4-8(5-3-7)23(20,21)15-14-13-12(19)11(18)10(17)9(6-16)22-13/h2-5,9-19H,6H2,1H3/t9-,10+,11+,12-,13-/m1/s1. The van der Waals surface area contributed by atoms with Crippen molar-refractivity contribution in [2.24, 2.45) is 0 Å². The number of aliphatic hydroxyl groups excluding tert-OH is 4. The fourth-order valence-corrected chi connectivity index (χ4v) is 3.02. The van der Waals surface area contributed by atoms with Gasteiger partial charge in [0.25, 0.3) is 10.0 Å². The summed E-state index contributed by atoms with van der Waals surface area (Å²) in [6.07, 6.45) is -7.17. The molecule has 1 aromatic carbocycles. The van der Waals surface area contributed by atoms with Crippen LogP contribution in [0.1, 0.15) is 5.56 Å². The molecule has 6 N–H and O–H groups in total. The van der Waals surface area contributed by atoms with Crippen LogP contribution in [-0.2, 0) is 14.8 Å². The van der Waals surface area contributed by atoms with E-state index in [0.717, 1.165) is 5.56 Å². The van der Waals surface area contributed by atoms with Crippen LogP contribution in [-0.4, -0.2) is 66.1 Å². The van der Waals surface area contributed by atoms with Gasteiger partial charge in [-0.3, -0.25) is 0 Å². The van der Waals surface area contributed by atoms with Gasteiger partial charge in [-0.25, -0.2) is 13.8 Å².